The van der Waals surface area contributed by atoms with Gasteiger partial charge in [-0.15, -0.1) is 4.40 Å². The van der Waals surface area contributed by atoms with E-state index < -0.39 is 15.6 Å². The zero-order valence-electron chi connectivity index (χ0n) is 15.7. The number of benzene rings is 2. The smallest absolute Gasteiger partial charge is 0.286 e. The van der Waals surface area contributed by atoms with Gasteiger partial charge in [0.2, 0.25) is 0 Å². The van der Waals surface area contributed by atoms with E-state index in [1.807, 2.05) is 13.8 Å². The molecule has 4 rings (SSSR count). The van der Waals surface area contributed by atoms with Crippen molar-refractivity contribution in [1.82, 2.24) is 4.68 Å². The third-order valence-electron chi connectivity index (χ3n) is 4.38. The number of amidine groups is 1. The van der Waals surface area contributed by atoms with Crippen LogP contribution in [-0.2, 0) is 10.0 Å². The molecule has 9 heteroatoms. The van der Waals surface area contributed by atoms with Crippen molar-refractivity contribution in [2.45, 2.75) is 18.7 Å². The van der Waals surface area contributed by atoms with E-state index in [0.717, 1.165) is 4.68 Å². The highest BCUT2D eigenvalue weighted by Crippen LogP contribution is 2.32. The number of para-hydroxylation sites is 2. The Morgan fingerprint density at radius 2 is 1.83 bits per heavy atom. The van der Waals surface area contributed by atoms with E-state index in [1.54, 1.807) is 48.7 Å². The molecule has 0 radical (unpaired) electrons. The van der Waals surface area contributed by atoms with Crippen LogP contribution >= 0.6 is 0 Å². The number of sulfonamides is 1. The van der Waals surface area contributed by atoms with Crippen LogP contribution < -0.4 is 10.9 Å². The zero-order chi connectivity index (χ0) is 20.8. The summed E-state index contributed by atoms with van der Waals surface area (Å²) in [6, 6.07) is 12.9. The van der Waals surface area contributed by atoms with Crippen LogP contribution in [0.2, 0.25) is 0 Å². The van der Waals surface area contributed by atoms with Gasteiger partial charge in [-0.2, -0.15) is 18.2 Å². The molecule has 0 amide bonds. The summed E-state index contributed by atoms with van der Waals surface area (Å²) in [5.74, 6) is -0.525. The van der Waals surface area contributed by atoms with E-state index in [0.29, 0.717) is 10.9 Å². The van der Waals surface area contributed by atoms with E-state index in [4.69, 9.17) is 0 Å². The van der Waals surface area contributed by atoms with Gasteiger partial charge >= 0.3 is 0 Å². The van der Waals surface area contributed by atoms with Crippen molar-refractivity contribution in [2.24, 2.45) is 15.4 Å². The first-order valence-corrected chi connectivity index (χ1v) is 10.4. The molecule has 148 valence electrons. The van der Waals surface area contributed by atoms with E-state index in [-0.39, 0.29) is 33.6 Å². The second kappa shape index (κ2) is 6.85. The van der Waals surface area contributed by atoms with Gasteiger partial charge in [-0.3, -0.25) is 4.79 Å². The minimum Gasteiger partial charge on any atom is -0.506 e. The Morgan fingerprint density at radius 3 is 2.59 bits per heavy atom. The summed E-state index contributed by atoms with van der Waals surface area (Å²) in [7, 11) is -4.04. The van der Waals surface area contributed by atoms with Gasteiger partial charge in [-0.25, -0.2) is 0 Å². The molecule has 2 heterocycles. The number of aromatic hydroxyl groups is 1. The van der Waals surface area contributed by atoms with Crippen molar-refractivity contribution in [3.63, 3.8) is 0 Å². The molecular weight excluding hydrogens is 392 g/mol. The molecular formula is C20H18N4O4S. The molecule has 1 aromatic heterocycles. The summed E-state index contributed by atoms with van der Waals surface area (Å²) >= 11 is 0. The lowest BCUT2D eigenvalue weighted by Crippen LogP contribution is -2.31. The molecule has 0 aliphatic carbocycles. The van der Waals surface area contributed by atoms with Crippen LogP contribution in [0.15, 0.2) is 67.7 Å². The lowest BCUT2D eigenvalue weighted by Gasteiger charge is -2.19. The van der Waals surface area contributed by atoms with Gasteiger partial charge in [-0.05, 0) is 30.2 Å². The molecule has 0 atom stereocenters. The number of hydrogen-bond acceptors (Lipinski definition) is 6. The second-order valence-electron chi connectivity index (χ2n) is 6.90. The predicted octanol–water partition coefficient (Wildman–Crippen LogP) is 2.76. The van der Waals surface area contributed by atoms with Gasteiger partial charge in [-0.1, -0.05) is 38.1 Å². The minimum atomic E-state index is -4.04. The first-order chi connectivity index (χ1) is 13.8. The molecule has 3 aromatic rings. The Morgan fingerprint density at radius 1 is 1.14 bits per heavy atom. The molecule has 0 spiro atoms. The third kappa shape index (κ3) is 3.19. The molecule has 0 saturated carbocycles. The van der Waals surface area contributed by atoms with E-state index >= 15 is 0 Å². The van der Waals surface area contributed by atoms with Crippen LogP contribution in [0, 0.1) is 5.92 Å². The van der Waals surface area contributed by atoms with Gasteiger partial charge in [0, 0.05) is 11.6 Å². The fourth-order valence-corrected chi connectivity index (χ4v) is 4.18. The normalized spacial score (nSPS) is 15.3. The monoisotopic (exact) mass is 410 g/mol. The number of rotatable bonds is 3. The summed E-state index contributed by atoms with van der Waals surface area (Å²) in [4.78, 5) is 13.2. The molecule has 8 nitrogen and oxygen atoms in total. The molecule has 2 aromatic carbocycles. The number of pyridine rings is 1. The summed E-state index contributed by atoms with van der Waals surface area (Å²) in [5.41, 5.74) is -0.265. The number of aromatic nitrogens is 1. The van der Waals surface area contributed by atoms with Crippen molar-refractivity contribution in [3.05, 3.63) is 64.4 Å². The molecule has 2 N–H and O–H groups in total. The summed E-state index contributed by atoms with van der Waals surface area (Å²) in [6.07, 6.45) is 1.59. The van der Waals surface area contributed by atoms with Crippen molar-refractivity contribution in [3.8, 4) is 5.75 Å². The molecule has 0 unspecified atom stereocenters. The van der Waals surface area contributed by atoms with Crippen molar-refractivity contribution in [1.29, 1.82) is 0 Å². The Bertz CT molecular complexity index is 1350. The van der Waals surface area contributed by atoms with Gasteiger partial charge in [0.15, 0.2) is 5.84 Å². The lowest BCUT2D eigenvalue weighted by atomic mass is 10.1. The first kappa shape index (κ1) is 18.9. The highest BCUT2D eigenvalue weighted by molar-refractivity contribution is 7.90. The van der Waals surface area contributed by atoms with Gasteiger partial charge < -0.3 is 10.4 Å². The molecule has 0 bridgehead atoms. The van der Waals surface area contributed by atoms with E-state index in [9.17, 15) is 18.3 Å². The largest absolute Gasteiger partial charge is 0.506 e. The van der Waals surface area contributed by atoms with E-state index in [1.165, 1.54) is 6.07 Å². The van der Waals surface area contributed by atoms with Crippen molar-refractivity contribution in [2.75, 3.05) is 5.32 Å². The van der Waals surface area contributed by atoms with Gasteiger partial charge in [0.1, 0.15) is 16.2 Å². The number of nitrogens with zero attached hydrogens (tertiary/aromatic N) is 3. The van der Waals surface area contributed by atoms with Crippen LogP contribution in [0.4, 0.5) is 5.69 Å². The Labute approximate surface area is 166 Å². The Hall–Kier alpha value is -3.46. The minimum absolute atomic E-state index is 0.00202. The van der Waals surface area contributed by atoms with Crippen LogP contribution in [0.25, 0.3) is 10.9 Å². The number of anilines is 1. The first-order valence-electron chi connectivity index (χ1n) is 8.92. The van der Waals surface area contributed by atoms with Gasteiger partial charge in [0.05, 0.1) is 11.2 Å². The van der Waals surface area contributed by atoms with Crippen LogP contribution in [0.1, 0.15) is 19.4 Å². The summed E-state index contributed by atoms with van der Waals surface area (Å²) in [5, 5.41) is 18.3. The van der Waals surface area contributed by atoms with Crippen LogP contribution in [0.3, 0.4) is 0 Å². The standard InChI is InChI=1S/C20H18N4O4S/c1-12(2)11-21-24-15-9-5-3-7-13(15)18(25)17(20(24)26)19-22-14-8-4-6-10-16(14)29(27,28)23-19/h3-12,25H,1-2H3,(H,22,23)/b21-11+. The maximum atomic E-state index is 13.2. The molecule has 0 fully saturated rings. The lowest BCUT2D eigenvalue weighted by molar-refractivity contribution is 0.478. The van der Waals surface area contributed by atoms with Crippen LogP contribution in [-0.4, -0.2) is 30.3 Å². The Balaban J connectivity index is 2.03. The van der Waals surface area contributed by atoms with Gasteiger partial charge in [0.25, 0.3) is 15.6 Å². The molecule has 1 aliphatic rings. The number of fused-ring (bicyclic) bond motifs is 2. The maximum absolute atomic E-state index is 13.2. The van der Waals surface area contributed by atoms with Crippen molar-refractivity contribution < 1.29 is 13.5 Å². The van der Waals surface area contributed by atoms with E-state index in [2.05, 4.69) is 14.8 Å². The highest BCUT2D eigenvalue weighted by atomic mass is 32.2. The topological polar surface area (TPSA) is 113 Å². The Kier molecular flexibility index (Phi) is 4.46. The molecule has 29 heavy (non-hydrogen) atoms. The number of nitrogens with one attached hydrogen (secondary N) is 1. The summed E-state index contributed by atoms with van der Waals surface area (Å²) in [6.45, 7) is 3.82. The average Bonchev–Trinajstić information content (AvgIpc) is 2.67. The average molecular weight is 410 g/mol. The molecule has 1 aliphatic heterocycles. The maximum Gasteiger partial charge on any atom is 0.286 e. The predicted molar refractivity (Wildman–Crippen MR) is 112 cm³/mol. The zero-order valence-corrected chi connectivity index (χ0v) is 16.5. The molecule has 0 saturated heterocycles. The van der Waals surface area contributed by atoms with Crippen LogP contribution in [0.5, 0.6) is 5.75 Å². The quantitative estimate of drug-likeness (QED) is 0.645. The highest BCUT2D eigenvalue weighted by Gasteiger charge is 2.29. The fraction of sp³-hybridized carbons (Fsp3) is 0.150. The SMILES string of the molecule is CC(C)/C=N/n1c(=O)c(C2=NS(=O)(=O)c3ccccc3N2)c(O)c2ccccc21. The summed E-state index contributed by atoms with van der Waals surface area (Å²) < 4.78 is 30.1. The van der Waals surface area contributed by atoms with Crippen molar-refractivity contribution >= 4 is 38.7 Å². The second-order valence-corrected chi connectivity index (χ2v) is 8.47. The number of hydrogen-bond donors (Lipinski definition) is 2. The third-order valence-corrected chi connectivity index (χ3v) is 5.71. The fourth-order valence-electron chi connectivity index (χ4n) is 3.06.